The van der Waals surface area contributed by atoms with E-state index in [0.29, 0.717) is 5.56 Å². The third-order valence-electron chi connectivity index (χ3n) is 2.29. The lowest BCUT2D eigenvalue weighted by atomic mass is 10.1. The Morgan fingerprint density at radius 3 is 2.78 bits per heavy atom. The molecule has 4 nitrogen and oxygen atoms in total. The number of carbonyl (C=O) groups is 1. The van der Waals surface area contributed by atoms with Gasteiger partial charge in [0.05, 0.1) is 11.8 Å². The zero-order valence-electron chi connectivity index (χ0n) is 9.51. The highest BCUT2D eigenvalue weighted by molar-refractivity contribution is 6.08. The van der Waals surface area contributed by atoms with E-state index in [1.165, 1.54) is 35.1 Å². The number of hydrogen-bond acceptors (Lipinski definition) is 3. The molecule has 1 aromatic heterocycles. The zero-order chi connectivity index (χ0) is 13.1. The number of carbonyl (C=O) groups excluding carboxylic acids is 1. The van der Waals surface area contributed by atoms with Gasteiger partial charge in [-0.05, 0) is 12.1 Å². The number of nitrogens with zero attached hydrogens (tertiary/aromatic N) is 2. The average molecular weight is 252 g/mol. The van der Waals surface area contributed by atoms with Gasteiger partial charge in [0, 0.05) is 18.8 Å². The zero-order valence-corrected chi connectivity index (χ0v) is 9.51. The van der Waals surface area contributed by atoms with Crippen LogP contribution < -0.4 is 4.74 Å². The Labute approximate surface area is 102 Å². The van der Waals surface area contributed by atoms with E-state index in [-0.39, 0.29) is 17.1 Å². The fraction of sp³-hybridized carbons (Fsp3) is 0.167. The molecule has 0 saturated carbocycles. The molecule has 18 heavy (non-hydrogen) atoms. The molecular formula is C12H10F2N2O2. The number of halogens is 2. The number of aromatic nitrogens is 2. The monoisotopic (exact) mass is 252 g/mol. The fourth-order valence-electron chi connectivity index (χ4n) is 1.52. The van der Waals surface area contributed by atoms with E-state index in [1.807, 2.05) is 0 Å². The molecule has 0 fully saturated rings. The van der Waals surface area contributed by atoms with Crippen LogP contribution in [0.4, 0.5) is 8.78 Å². The largest absolute Gasteiger partial charge is 0.435 e. The van der Waals surface area contributed by atoms with Crippen LogP contribution in [-0.2, 0) is 7.05 Å². The molecule has 0 N–H and O–H groups in total. The summed E-state index contributed by atoms with van der Waals surface area (Å²) in [6.07, 6.45) is 2.98. The number of aryl methyl sites for hydroxylation is 1. The van der Waals surface area contributed by atoms with Gasteiger partial charge in [0.2, 0.25) is 0 Å². The molecule has 0 aliphatic carbocycles. The van der Waals surface area contributed by atoms with Crippen LogP contribution in [0.2, 0.25) is 0 Å². The lowest BCUT2D eigenvalue weighted by molar-refractivity contribution is -0.0498. The van der Waals surface area contributed by atoms with Crippen molar-refractivity contribution in [2.24, 2.45) is 7.05 Å². The van der Waals surface area contributed by atoms with Crippen LogP contribution in [0, 0.1) is 0 Å². The highest BCUT2D eigenvalue weighted by Gasteiger charge is 2.12. The van der Waals surface area contributed by atoms with E-state index in [4.69, 9.17) is 0 Å². The summed E-state index contributed by atoms with van der Waals surface area (Å²) in [6, 6.07) is 5.67. The van der Waals surface area contributed by atoms with Crippen LogP contribution in [-0.4, -0.2) is 22.2 Å². The van der Waals surface area contributed by atoms with Crippen molar-refractivity contribution in [3.63, 3.8) is 0 Å². The minimum atomic E-state index is -2.91. The van der Waals surface area contributed by atoms with Crippen LogP contribution in [0.3, 0.4) is 0 Å². The van der Waals surface area contributed by atoms with E-state index < -0.39 is 6.61 Å². The Morgan fingerprint density at radius 1 is 1.39 bits per heavy atom. The maximum absolute atomic E-state index is 12.1. The quantitative estimate of drug-likeness (QED) is 0.784. The summed E-state index contributed by atoms with van der Waals surface area (Å²) in [5.74, 6) is -0.331. The van der Waals surface area contributed by atoms with E-state index in [0.717, 1.165) is 0 Å². The summed E-state index contributed by atoms with van der Waals surface area (Å²) in [6.45, 7) is -2.91. The summed E-state index contributed by atoms with van der Waals surface area (Å²) in [4.78, 5) is 12.0. The normalized spacial score (nSPS) is 10.7. The topological polar surface area (TPSA) is 44.1 Å². The summed E-state index contributed by atoms with van der Waals surface area (Å²) in [5.41, 5.74) is 0.674. The maximum atomic E-state index is 12.1. The molecule has 1 heterocycles. The number of rotatable bonds is 4. The summed E-state index contributed by atoms with van der Waals surface area (Å²) in [5, 5.41) is 3.88. The van der Waals surface area contributed by atoms with Crippen molar-refractivity contribution in [1.82, 2.24) is 9.78 Å². The van der Waals surface area contributed by atoms with Gasteiger partial charge in [0.25, 0.3) is 0 Å². The van der Waals surface area contributed by atoms with Gasteiger partial charge in [-0.2, -0.15) is 13.9 Å². The first kappa shape index (κ1) is 12.2. The average Bonchev–Trinajstić information content (AvgIpc) is 2.74. The van der Waals surface area contributed by atoms with Gasteiger partial charge in [0.1, 0.15) is 5.75 Å². The van der Waals surface area contributed by atoms with E-state index in [1.54, 1.807) is 13.2 Å². The Kier molecular flexibility index (Phi) is 3.36. The van der Waals surface area contributed by atoms with Gasteiger partial charge >= 0.3 is 6.61 Å². The molecule has 1 aromatic carbocycles. The Hall–Kier alpha value is -2.24. The predicted molar refractivity (Wildman–Crippen MR) is 59.7 cm³/mol. The number of ether oxygens (including phenoxy) is 1. The number of hydrogen-bond donors (Lipinski definition) is 0. The first-order chi connectivity index (χ1) is 8.56. The van der Waals surface area contributed by atoms with Crippen molar-refractivity contribution in [2.75, 3.05) is 0 Å². The number of benzene rings is 1. The third-order valence-corrected chi connectivity index (χ3v) is 2.29. The number of alkyl halides is 2. The standard InChI is InChI=1S/C12H10F2N2O2/c1-16-7-9(6-15-16)11(17)8-3-2-4-10(5-8)18-12(13)14/h2-7,12H,1H3. The van der Waals surface area contributed by atoms with Gasteiger partial charge < -0.3 is 4.74 Å². The van der Waals surface area contributed by atoms with Gasteiger partial charge in [0.15, 0.2) is 5.78 Å². The van der Waals surface area contributed by atoms with E-state index in [9.17, 15) is 13.6 Å². The van der Waals surface area contributed by atoms with Crippen LogP contribution >= 0.6 is 0 Å². The van der Waals surface area contributed by atoms with Gasteiger partial charge in [-0.15, -0.1) is 0 Å². The number of ketones is 1. The molecule has 0 spiro atoms. The van der Waals surface area contributed by atoms with Crippen LogP contribution in [0.5, 0.6) is 5.75 Å². The van der Waals surface area contributed by atoms with Crippen molar-refractivity contribution >= 4 is 5.78 Å². The van der Waals surface area contributed by atoms with E-state index >= 15 is 0 Å². The molecule has 0 bridgehead atoms. The molecule has 94 valence electrons. The Morgan fingerprint density at radius 2 is 2.17 bits per heavy atom. The first-order valence-electron chi connectivity index (χ1n) is 5.14. The molecule has 0 unspecified atom stereocenters. The minimum Gasteiger partial charge on any atom is -0.435 e. The molecule has 0 radical (unpaired) electrons. The van der Waals surface area contributed by atoms with Crippen LogP contribution in [0.1, 0.15) is 15.9 Å². The van der Waals surface area contributed by atoms with E-state index in [2.05, 4.69) is 9.84 Å². The summed E-state index contributed by atoms with van der Waals surface area (Å²) >= 11 is 0. The first-order valence-corrected chi connectivity index (χ1v) is 5.14. The summed E-state index contributed by atoms with van der Waals surface area (Å²) in [7, 11) is 1.69. The van der Waals surface area contributed by atoms with Crippen LogP contribution in [0.25, 0.3) is 0 Å². The highest BCUT2D eigenvalue weighted by Crippen LogP contribution is 2.18. The molecule has 2 rings (SSSR count). The molecular weight excluding hydrogens is 242 g/mol. The minimum absolute atomic E-state index is 0.0419. The fourth-order valence-corrected chi connectivity index (χ4v) is 1.52. The van der Waals surface area contributed by atoms with Crippen molar-refractivity contribution in [1.29, 1.82) is 0 Å². The molecule has 0 aliphatic heterocycles. The van der Waals surface area contributed by atoms with Gasteiger partial charge in [-0.25, -0.2) is 0 Å². The van der Waals surface area contributed by atoms with Crippen molar-refractivity contribution in [3.05, 3.63) is 47.8 Å². The SMILES string of the molecule is Cn1cc(C(=O)c2cccc(OC(F)F)c2)cn1. The lowest BCUT2D eigenvalue weighted by Gasteiger charge is -2.05. The molecule has 0 amide bonds. The molecule has 2 aromatic rings. The molecule has 6 heteroatoms. The third kappa shape index (κ3) is 2.71. The molecule has 0 aliphatic rings. The molecule has 0 saturated heterocycles. The maximum Gasteiger partial charge on any atom is 0.387 e. The van der Waals surface area contributed by atoms with Crippen molar-refractivity contribution in [2.45, 2.75) is 6.61 Å². The Balaban J connectivity index is 2.25. The van der Waals surface area contributed by atoms with Crippen molar-refractivity contribution in [3.8, 4) is 5.75 Å². The highest BCUT2D eigenvalue weighted by atomic mass is 19.3. The summed E-state index contributed by atoms with van der Waals surface area (Å²) < 4.78 is 29.9. The molecule has 0 atom stereocenters. The van der Waals surface area contributed by atoms with Gasteiger partial charge in [-0.1, -0.05) is 12.1 Å². The lowest BCUT2D eigenvalue weighted by Crippen LogP contribution is -2.04. The second-order valence-electron chi connectivity index (χ2n) is 3.64. The smallest absolute Gasteiger partial charge is 0.387 e. The predicted octanol–water partition coefficient (Wildman–Crippen LogP) is 2.25. The Bertz CT molecular complexity index is 567. The van der Waals surface area contributed by atoms with Gasteiger partial charge in [-0.3, -0.25) is 9.48 Å². The van der Waals surface area contributed by atoms with Crippen molar-refractivity contribution < 1.29 is 18.3 Å². The second-order valence-corrected chi connectivity index (χ2v) is 3.64. The second kappa shape index (κ2) is 4.95. The van der Waals surface area contributed by atoms with Crippen LogP contribution in [0.15, 0.2) is 36.7 Å².